The standard InChI is InChI=1S/C24H20N2O4/c1-16-8-7-9-17(14-16)23(28)26-19-12-5-6-13-21(19)30-24(29)20(26)15-22(27)25-18-10-3-2-4-11-18/h2-14,20H,15H2,1H3,(H,25,27). The van der Waals surface area contributed by atoms with Crippen LogP contribution in [0.25, 0.3) is 0 Å². The number of nitrogens with zero attached hydrogens (tertiary/aromatic N) is 1. The van der Waals surface area contributed by atoms with E-state index in [1.54, 1.807) is 66.7 Å². The van der Waals surface area contributed by atoms with Crippen LogP contribution in [0.5, 0.6) is 5.75 Å². The molecule has 0 radical (unpaired) electrons. The molecule has 1 aliphatic rings. The number of hydrogen-bond donors (Lipinski definition) is 1. The third-order valence-electron chi connectivity index (χ3n) is 4.84. The van der Waals surface area contributed by atoms with Gasteiger partial charge in [-0.2, -0.15) is 0 Å². The summed E-state index contributed by atoms with van der Waals surface area (Å²) in [7, 11) is 0. The number of carbonyl (C=O) groups is 3. The Bertz CT molecular complexity index is 1110. The highest BCUT2D eigenvalue weighted by molar-refractivity contribution is 6.13. The highest BCUT2D eigenvalue weighted by Crippen LogP contribution is 2.36. The fraction of sp³-hybridized carbons (Fsp3) is 0.125. The summed E-state index contributed by atoms with van der Waals surface area (Å²) in [4.78, 5) is 40.2. The van der Waals surface area contributed by atoms with Crippen LogP contribution in [0.3, 0.4) is 0 Å². The van der Waals surface area contributed by atoms with Crippen molar-refractivity contribution in [3.05, 3.63) is 90.0 Å². The number of amides is 2. The predicted octanol–water partition coefficient (Wildman–Crippen LogP) is 3.96. The first kappa shape index (κ1) is 19.4. The van der Waals surface area contributed by atoms with E-state index >= 15 is 0 Å². The molecule has 2 amide bonds. The van der Waals surface area contributed by atoms with Crippen LogP contribution in [-0.4, -0.2) is 23.8 Å². The van der Waals surface area contributed by atoms with Crippen LogP contribution in [0, 0.1) is 6.92 Å². The molecular weight excluding hydrogens is 380 g/mol. The van der Waals surface area contributed by atoms with Crippen molar-refractivity contribution in [2.45, 2.75) is 19.4 Å². The predicted molar refractivity (Wildman–Crippen MR) is 114 cm³/mol. The molecule has 4 rings (SSSR count). The number of carbonyl (C=O) groups excluding carboxylic acids is 3. The maximum absolute atomic E-state index is 13.4. The molecule has 1 aliphatic heterocycles. The molecule has 30 heavy (non-hydrogen) atoms. The summed E-state index contributed by atoms with van der Waals surface area (Å²) in [6.45, 7) is 1.89. The first-order chi connectivity index (χ1) is 14.5. The second-order valence-electron chi connectivity index (χ2n) is 7.07. The summed E-state index contributed by atoms with van der Waals surface area (Å²) in [5, 5.41) is 2.76. The monoisotopic (exact) mass is 400 g/mol. The third kappa shape index (κ3) is 3.93. The molecule has 1 atom stereocenters. The fourth-order valence-corrected chi connectivity index (χ4v) is 3.44. The zero-order valence-corrected chi connectivity index (χ0v) is 16.4. The molecule has 0 fully saturated rings. The summed E-state index contributed by atoms with van der Waals surface area (Å²) >= 11 is 0. The summed E-state index contributed by atoms with van der Waals surface area (Å²) in [5.41, 5.74) is 2.44. The first-order valence-electron chi connectivity index (χ1n) is 9.59. The molecule has 0 aromatic heterocycles. The largest absolute Gasteiger partial charge is 0.423 e. The molecule has 0 spiro atoms. The summed E-state index contributed by atoms with van der Waals surface area (Å²) in [5.74, 6) is -1.09. The lowest BCUT2D eigenvalue weighted by atomic mass is 10.0. The van der Waals surface area contributed by atoms with Gasteiger partial charge < -0.3 is 10.1 Å². The highest BCUT2D eigenvalue weighted by atomic mass is 16.5. The number of esters is 1. The zero-order chi connectivity index (χ0) is 21.1. The Hall–Kier alpha value is -3.93. The molecule has 6 heteroatoms. The van der Waals surface area contributed by atoms with E-state index < -0.39 is 12.0 Å². The Balaban J connectivity index is 1.67. The number of aryl methyl sites for hydroxylation is 1. The average molecular weight is 400 g/mol. The third-order valence-corrected chi connectivity index (χ3v) is 4.84. The Kier molecular flexibility index (Phi) is 5.30. The van der Waals surface area contributed by atoms with Crippen molar-refractivity contribution < 1.29 is 19.1 Å². The molecule has 1 heterocycles. The van der Waals surface area contributed by atoms with Crippen molar-refractivity contribution in [2.75, 3.05) is 10.2 Å². The Labute approximate surface area is 174 Å². The van der Waals surface area contributed by atoms with E-state index in [0.29, 0.717) is 22.7 Å². The van der Waals surface area contributed by atoms with Gasteiger partial charge in [-0.05, 0) is 43.3 Å². The van der Waals surface area contributed by atoms with Crippen LogP contribution >= 0.6 is 0 Å². The minimum absolute atomic E-state index is 0.223. The van der Waals surface area contributed by atoms with E-state index in [2.05, 4.69) is 5.32 Å². The molecule has 6 nitrogen and oxygen atoms in total. The molecular formula is C24H20N2O4. The van der Waals surface area contributed by atoms with E-state index in [9.17, 15) is 14.4 Å². The lowest BCUT2D eigenvalue weighted by Crippen LogP contribution is -2.51. The van der Waals surface area contributed by atoms with Crippen LogP contribution in [0.4, 0.5) is 11.4 Å². The molecule has 1 N–H and O–H groups in total. The lowest BCUT2D eigenvalue weighted by molar-refractivity contribution is -0.138. The van der Waals surface area contributed by atoms with Gasteiger partial charge in [-0.15, -0.1) is 0 Å². The van der Waals surface area contributed by atoms with Crippen LogP contribution in [-0.2, 0) is 9.59 Å². The molecule has 3 aromatic rings. The number of benzene rings is 3. The van der Waals surface area contributed by atoms with Crippen molar-refractivity contribution in [3.63, 3.8) is 0 Å². The Morgan fingerprint density at radius 1 is 0.967 bits per heavy atom. The van der Waals surface area contributed by atoms with E-state index in [-0.39, 0.29) is 18.2 Å². The number of ether oxygens (including phenoxy) is 1. The average Bonchev–Trinajstić information content (AvgIpc) is 2.74. The number of rotatable bonds is 4. The fourth-order valence-electron chi connectivity index (χ4n) is 3.44. The topological polar surface area (TPSA) is 75.7 Å². The van der Waals surface area contributed by atoms with Crippen molar-refractivity contribution in [1.82, 2.24) is 0 Å². The van der Waals surface area contributed by atoms with E-state index in [1.807, 2.05) is 19.1 Å². The van der Waals surface area contributed by atoms with E-state index in [4.69, 9.17) is 4.74 Å². The molecule has 1 unspecified atom stereocenters. The number of nitrogens with one attached hydrogen (secondary N) is 1. The van der Waals surface area contributed by atoms with Crippen LogP contribution in [0.15, 0.2) is 78.9 Å². The molecule has 0 saturated carbocycles. The van der Waals surface area contributed by atoms with E-state index in [1.165, 1.54) is 4.90 Å². The second kappa shape index (κ2) is 8.21. The SMILES string of the molecule is Cc1cccc(C(=O)N2c3ccccc3OC(=O)C2CC(=O)Nc2ccccc2)c1. The molecule has 0 aliphatic carbocycles. The van der Waals surface area contributed by atoms with Crippen LogP contribution in [0.2, 0.25) is 0 Å². The van der Waals surface area contributed by atoms with Gasteiger partial charge in [-0.25, -0.2) is 4.79 Å². The zero-order valence-electron chi connectivity index (χ0n) is 16.4. The molecule has 3 aromatic carbocycles. The number of fused-ring (bicyclic) bond motifs is 1. The van der Waals surface area contributed by atoms with Gasteiger partial charge >= 0.3 is 5.97 Å². The number of para-hydroxylation sites is 3. The van der Waals surface area contributed by atoms with Crippen molar-refractivity contribution in [3.8, 4) is 5.75 Å². The molecule has 0 saturated heterocycles. The number of anilines is 2. The lowest BCUT2D eigenvalue weighted by Gasteiger charge is -2.35. The van der Waals surface area contributed by atoms with Gasteiger partial charge in [0.25, 0.3) is 5.91 Å². The molecule has 150 valence electrons. The minimum Gasteiger partial charge on any atom is -0.423 e. The van der Waals surface area contributed by atoms with Crippen molar-refractivity contribution >= 4 is 29.2 Å². The minimum atomic E-state index is -1.07. The van der Waals surface area contributed by atoms with Gasteiger partial charge in [0.1, 0.15) is 6.04 Å². The molecule has 0 bridgehead atoms. The van der Waals surface area contributed by atoms with Gasteiger partial charge in [-0.3, -0.25) is 14.5 Å². The Morgan fingerprint density at radius 2 is 1.70 bits per heavy atom. The van der Waals surface area contributed by atoms with Crippen LogP contribution < -0.4 is 15.0 Å². The van der Waals surface area contributed by atoms with Gasteiger partial charge in [0, 0.05) is 11.3 Å². The van der Waals surface area contributed by atoms with Gasteiger partial charge in [0.05, 0.1) is 12.1 Å². The summed E-state index contributed by atoms with van der Waals surface area (Å²) in [6.07, 6.45) is -0.223. The second-order valence-corrected chi connectivity index (χ2v) is 7.07. The van der Waals surface area contributed by atoms with Gasteiger partial charge in [0.15, 0.2) is 5.75 Å². The normalized spacial score (nSPS) is 15.2. The number of hydrogen-bond acceptors (Lipinski definition) is 4. The van der Waals surface area contributed by atoms with Crippen LogP contribution in [0.1, 0.15) is 22.3 Å². The maximum atomic E-state index is 13.4. The van der Waals surface area contributed by atoms with Gasteiger partial charge in [-0.1, -0.05) is 48.0 Å². The summed E-state index contributed by atoms with van der Waals surface area (Å²) in [6, 6.07) is 21.8. The smallest absolute Gasteiger partial charge is 0.335 e. The maximum Gasteiger partial charge on any atom is 0.335 e. The van der Waals surface area contributed by atoms with Gasteiger partial charge in [0.2, 0.25) is 5.91 Å². The van der Waals surface area contributed by atoms with Crippen molar-refractivity contribution in [1.29, 1.82) is 0 Å². The van der Waals surface area contributed by atoms with Crippen molar-refractivity contribution in [2.24, 2.45) is 0 Å². The Morgan fingerprint density at radius 3 is 2.47 bits per heavy atom. The quantitative estimate of drug-likeness (QED) is 0.531. The summed E-state index contributed by atoms with van der Waals surface area (Å²) < 4.78 is 5.42. The van der Waals surface area contributed by atoms with E-state index in [0.717, 1.165) is 5.56 Å². The first-order valence-corrected chi connectivity index (χ1v) is 9.59. The highest BCUT2D eigenvalue weighted by Gasteiger charge is 2.40.